The van der Waals surface area contributed by atoms with E-state index in [-0.39, 0.29) is 12.2 Å². The topological polar surface area (TPSA) is 79.1 Å². The van der Waals surface area contributed by atoms with Gasteiger partial charge in [0.05, 0.1) is 35.6 Å². The van der Waals surface area contributed by atoms with Gasteiger partial charge in [0.2, 0.25) is 0 Å². The maximum Gasteiger partial charge on any atom is 0.338 e. The van der Waals surface area contributed by atoms with Crippen LogP contribution in [0.4, 0.5) is 0 Å². The highest BCUT2D eigenvalue weighted by Gasteiger charge is 2.33. The van der Waals surface area contributed by atoms with Gasteiger partial charge in [-0.1, -0.05) is 85.8 Å². The first-order chi connectivity index (χ1) is 20.3. The zero-order chi connectivity index (χ0) is 29.8. The molecule has 1 aliphatic rings. The summed E-state index contributed by atoms with van der Waals surface area (Å²) in [7, 11) is 1.59. The molecule has 42 heavy (non-hydrogen) atoms. The quantitative estimate of drug-likeness (QED) is 0.243. The second-order valence-corrected chi connectivity index (χ2v) is 11.3. The maximum atomic E-state index is 13.9. The van der Waals surface area contributed by atoms with E-state index in [1.165, 1.54) is 16.9 Å². The van der Waals surface area contributed by atoms with Crippen LogP contribution in [0.5, 0.6) is 11.5 Å². The molecule has 0 amide bonds. The van der Waals surface area contributed by atoms with E-state index >= 15 is 0 Å². The molecule has 1 atom stereocenters. The van der Waals surface area contributed by atoms with Gasteiger partial charge in [-0.3, -0.25) is 9.36 Å². The van der Waals surface area contributed by atoms with Gasteiger partial charge in [0.15, 0.2) is 16.3 Å². The van der Waals surface area contributed by atoms with Gasteiger partial charge in [0.25, 0.3) is 5.56 Å². The average molecular weight is 583 g/mol. The molecular weight excluding hydrogens is 548 g/mol. The van der Waals surface area contributed by atoms with Gasteiger partial charge < -0.3 is 14.2 Å². The Kier molecular flexibility index (Phi) is 8.73. The van der Waals surface area contributed by atoms with Crippen molar-refractivity contribution in [1.82, 2.24) is 4.57 Å². The van der Waals surface area contributed by atoms with Crippen molar-refractivity contribution in [3.8, 4) is 11.5 Å². The number of esters is 1. The number of carbonyl (C=O) groups is 1. The van der Waals surface area contributed by atoms with Crippen LogP contribution in [0.1, 0.15) is 61.9 Å². The first-order valence-electron chi connectivity index (χ1n) is 13.9. The second kappa shape index (κ2) is 12.6. The lowest BCUT2D eigenvalue weighted by Crippen LogP contribution is -2.39. The van der Waals surface area contributed by atoms with E-state index < -0.39 is 12.0 Å². The zero-order valence-corrected chi connectivity index (χ0v) is 25.2. The Balaban J connectivity index is 1.55. The summed E-state index contributed by atoms with van der Waals surface area (Å²) >= 11 is 1.29. The number of hydrogen-bond acceptors (Lipinski definition) is 7. The van der Waals surface area contributed by atoms with Gasteiger partial charge in [-0.25, -0.2) is 9.79 Å². The number of benzene rings is 3. The number of rotatable bonds is 9. The monoisotopic (exact) mass is 582 g/mol. The van der Waals surface area contributed by atoms with Crippen LogP contribution in [0.25, 0.3) is 6.08 Å². The van der Waals surface area contributed by atoms with Crippen molar-refractivity contribution in [3.63, 3.8) is 0 Å². The van der Waals surface area contributed by atoms with Crippen molar-refractivity contribution >= 4 is 23.4 Å². The van der Waals surface area contributed by atoms with Crippen molar-refractivity contribution in [2.45, 2.75) is 46.3 Å². The highest BCUT2D eigenvalue weighted by molar-refractivity contribution is 7.07. The van der Waals surface area contributed by atoms with E-state index in [0.29, 0.717) is 44.6 Å². The smallest absolute Gasteiger partial charge is 0.338 e. The third kappa shape index (κ3) is 5.94. The van der Waals surface area contributed by atoms with Crippen LogP contribution in [0.2, 0.25) is 0 Å². The van der Waals surface area contributed by atoms with E-state index in [2.05, 4.69) is 18.8 Å². The molecule has 8 heteroatoms. The molecule has 0 fully saturated rings. The largest absolute Gasteiger partial charge is 0.493 e. The fraction of sp³-hybridized carbons (Fsp3) is 0.265. The standard InChI is InChI=1S/C34H34N2O5S/c1-6-40-33(38)30-22(4)35-34-36(31(30)26-15-13-25(14-16-26)21(2)3)32(37)29(42-34)19-24-12-17-27(28(18-24)39-5)41-20-23-10-8-7-9-11-23/h7-19,21,31H,6,20H2,1-5H3/b29-19-/t31-/m0/s1. The van der Waals surface area contributed by atoms with E-state index in [1.807, 2.05) is 78.9 Å². The molecule has 0 radical (unpaired) electrons. The lowest BCUT2D eigenvalue weighted by atomic mass is 9.93. The summed E-state index contributed by atoms with van der Waals surface area (Å²) < 4.78 is 19.1. The average Bonchev–Trinajstić information content (AvgIpc) is 3.30. The lowest BCUT2D eigenvalue weighted by molar-refractivity contribution is -0.139. The molecule has 7 nitrogen and oxygen atoms in total. The second-order valence-electron chi connectivity index (χ2n) is 10.3. The Morgan fingerprint density at radius 2 is 1.79 bits per heavy atom. The molecule has 0 unspecified atom stereocenters. The fourth-order valence-electron chi connectivity index (χ4n) is 4.95. The van der Waals surface area contributed by atoms with Crippen molar-refractivity contribution < 1.29 is 19.0 Å². The summed E-state index contributed by atoms with van der Waals surface area (Å²) in [5, 5.41) is 0. The number of hydrogen-bond donors (Lipinski definition) is 0. The number of allylic oxidation sites excluding steroid dienone is 1. The third-order valence-electron chi connectivity index (χ3n) is 7.16. The molecule has 5 rings (SSSR count). The lowest BCUT2D eigenvalue weighted by Gasteiger charge is -2.25. The van der Waals surface area contributed by atoms with Crippen molar-refractivity contribution in [3.05, 3.63) is 126 Å². The minimum absolute atomic E-state index is 0.227. The molecule has 216 valence electrons. The Labute approximate surface area is 249 Å². The predicted octanol–water partition coefficient (Wildman–Crippen LogP) is 5.51. The Bertz CT molecular complexity index is 1800. The molecule has 0 spiro atoms. The van der Waals surface area contributed by atoms with Crippen LogP contribution >= 0.6 is 11.3 Å². The van der Waals surface area contributed by atoms with Crippen LogP contribution in [0.15, 0.2) is 93.9 Å². The van der Waals surface area contributed by atoms with Crippen molar-refractivity contribution in [1.29, 1.82) is 0 Å². The predicted molar refractivity (Wildman–Crippen MR) is 165 cm³/mol. The molecule has 0 aliphatic carbocycles. The summed E-state index contributed by atoms with van der Waals surface area (Å²) in [6.45, 7) is 8.45. The number of thiazole rings is 1. The summed E-state index contributed by atoms with van der Waals surface area (Å²) in [6, 6.07) is 22.9. The van der Waals surface area contributed by atoms with Gasteiger partial charge in [0.1, 0.15) is 6.61 Å². The summed E-state index contributed by atoms with van der Waals surface area (Å²) in [5.74, 6) is 1.06. The minimum atomic E-state index is -0.646. The van der Waals surface area contributed by atoms with Crippen LogP contribution in [-0.2, 0) is 16.1 Å². The highest BCUT2D eigenvalue weighted by Crippen LogP contribution is 2.32. The molecule has 4 aromatic rings. The van der Waals surface area contributed by atoms with Gasteiger partial charge in [-0.05, 0) is 60.2 Å². The Morgan fingerprint density at radius 3 is 2.45 bits per heavy atom. The summed E-state index contributed by atoms with van der Waals surface area (Å²) in [4.78, 5) is 32.3. The molecule has 0 saturated heterocycles. The SMILES string of the molecule is CCOC(=O)C1=C(C)N=c2s/c(=C\c3ccc(OCc4ccccc4)c(OC)c3)c(=O)n2[C@H]1c1ccc(C(C)C)cc1. The Hall–Kier alpha value is -4.43. The van der Waals surface area contributed by atoms with Gasteiger partial charge in [-0.2, -0.15) is 0 Å². The maximum absolute atomic E-state index is 13.9. The van der Waals surface area contributed by atoms with Crippen LogP contribution in [0, 0.1) is 0 Å². The Morgan fingerprint density at radius 1 is 1.05 bits per heavy atom. The number of carbonyl (C=O) groups excluding carboxylic acids is 1. The molecule has 1 aliphatic heterocycles. The number of aromatic nitrogens is 1. The van der Waals surface area contributed by atoms with E-state index in [1.54, 1.807) is 25.5 Å². The zero-order valence-electron chi connectivity index (χ0n) is 24.4. The van der Waals surface area contributed by atoms with Crippen LogP contribution in [0.3, 0.4) is 0 Å². The van der Waals surface area contributed by atoms with Gasteiger partial charge in [-0.15, -0.1) is 0 Å². The number of fused-ring (bicyclic) bond motifs is 1. The summed E-state index contributed by atoms with van der Waals surface area (Å²) in [5.41, 5.74) is 4.52. The van der Waals surface area contributed by atoms with E-state index in [0.717, 1.165) is 16.7 Å². The fourth-order valence-corrected chi connectivity index (χ4v) is 6.00. The number of ether oxygens (including phenoxy) is 3. The van der Waals surface area contributed by atoms with E-state index in [9.17, 15) is 9.59 Å². The van der Waals surface area contributed by atoms with Gasteiger partial charge in [0, 0.05) is 0 Å². The van der Waals surface area contributed by atoms with Crippen LogP contribution < -0.4 is 24.4 Å². The molecule has 1 aromatic heterocycles. The number of methoxy groups -OCH3 is 1. The van der Waals surface area contributed by atoms with Crippen molar-refractivity contribution in [2.75, 3.05) is 13.7 Å². The molecule has 0 N–H and O–H groups in total. The van der Waals surface area contributed by atoms with E-state index in [4.69, 9.17) is 14.2 Å². The molecule has 3 aromatic carbocycles. The van der Waals surface area contributed by atoms with Crippen LogP contribution in [-0.4, -0.2) is 24.3 Å². The minimum Gasteiger partial charge on any atom is -0.493 e. The highest BCUT2D eigenvalue weighted by atomic mass is 32.1. The summed E-state index contributed by atoms with van der Waals surface area (Å²) in [6.07, 6.45) is 1.82. The number of nitrogens with zero attached hydrogens (tertiary/aromatic N) is 2. The van der Waals surface area contributed by atoms with Gasteiger partial charge >= 0.3 is 5.97 Å². The first kappa shape index (κ1) is 29.1. The molecule has 2 heterocycles. The van der Waals surface area contributed by atoms with Crippen molar-refractivity contribution in [2.24, 2.45) is 4.99 Å². The molecule has 0 saturated carbocycles. The first-order valence-corrected chi connectivity index (χ1v) is 14.8. The normalized spacial score (nSPS) is 14.9. The molecular formula is C34H34N2O5S. The molecule has 0 bridgehead atoms. The third-order valence-corrected chi connectivity index (χ3v) is 8.14.